The van der Waals surface area contributed by atoms with Crippen molar-refractivity contribution in [2.75, 3.05) is 6.54 Å². The van der Waals surface area contributed by atoms with Crippen LogP contribution in [0, 0.1) is 11.3 Å². The predicted molar refractivity (Wildman–Crippen MR) is 83.3 cm³/mol. The van der Waals surface area contributed by atoms with Gasteiger partial charge in [-0.2, -0.15) is 0 Å². The third kappa shape index (κ3) is 4.65. The Morgan fingerprint density at radius 1 is 1.21 bits per heavy atom. The summed E-state index contributed by atoms with van der Waals surface area (Å²) >= 11 is 0. The van der Waals surface area contributed by atoms with Crippen molar-refractivity contribution in [3.8, 4) is 0 Å². The van der Waals surface area contributed by atoms with Gasteiger partial charge in [0.25, 0.3) is 0 Å². The van der Waals surface area contributed by atoms with E-state index in [9.17, 15) is 0 Å². The summed E-state index contributed by atoms with van der Waals surface area (Å²) in [4.78, 5) is 0. The Hall–Kier alpha value is -0.820. The van der Waals surface area contributed by atoms with E-state index in [0.717, 1.165) is 5.92 Å². The molecule has 0 saturated heterocycles. The lowest BCUT2D eigenvalue weighted by molar-refractivity contribution is 0.225. The molecule has 19 heavy (non-hydrogen) atoms. The second kappa shape index (κ2) is 6.56. The van der Waals surface area contributed by atoms with E-state index in [1.807, 2.05) is 0 Å². The number of aryl methyl sites for hydroxylation is 1. The second-order valence-corrected chi connectivity index (χ2v) is 6.80. The smallest absolute Gasteiger partial charge is 0.00106 e. The average Bonchev–Trinajstić information content (AvgIpc) is 3.22. The molecule has 1 atom stereocenters. The zero-order valence-corrected chi connectivity index (χ0v) is 12.8. The summed E-state index contributed by atoms with van der Waals surface area (Å²) < 4.78 is 0. The maximum absolute atomic E-state index is 3.66. The fourth-order valence-corrected chi connectivity index (χ4v) is 3.00. The molecule has 1 aliphatic rings. The van der Waals surface area contributed by atoms with Crippen LogP contribution in [0.15, 0.2) is 30.3 Å². The minimum absolute atomic E-state index is 0.513. The number of rotatable bonds is 8. The Labute approximate surface area is 118 Å². The average molecular weight is 259 g/mol. The van der Waals surface area contributed by atoms with Gasteiger partial charge in [-0.1, -0.05) is 51.1 Å². The standard InChI is InChI=1S/C18H29N/c1-15(2)19-14-18(3,17-11-12-17)13-7-10-16-8-5-4-6-9-16/h4-6,8-9,15,17,19H,7,10-14H2,1-3H3. The van der Waals surface area contributed by atoms with Gasteiger partial charge in [0.05, 0.1) is 0 Å². The van der Waals surface area contributed by atoms with Crippen LogP contribution in [0.2, 0.25) is 0 Å². The molecule has 1 aromatic rings. The molecular formula is C18H29N. The lowest BCUT2D eigenvalue weighted by Crippen LogP contribution is -2.37. The molecule has 1 aromatic carbocycles. The second-order valence-electron chi connectivity index (χ2n) is 6.80. The predicted octanol–water partition coefficient (Wildman–Crippen LogP) is 4.42. The van der Waals surface area contributed by atoms with Gasteiger partial charge in [0, 0.05) is 12.6 Å². The van der Waals surface area contributed by atoms with Gasteiger partial charge < -0.3 is 5.32 Å². The van der Waals surface area contributed by atoms with Crippen LogP contribution in [0.4, 0.5) is 0 Å². The third-order valence-electron chi connectivity index (χ3n) is 4.53. The first-order chi connectivity index (χ1) is 9.10. The number of benzene rings is 1. The molecular weight excluding hydrogens is 230 g/mol. The molecule has 0 radical (unpaired) electrons. The van der Waals surface area contributed by atoms with E-state index < -0.39 is 0 Å². The molecule has 0 bridgehead atoms. The maximum Gasteiger partial charge on any atom is 0.00106 e. The van der Waals surface area contributed by atoms with Gasteiger partial charge in [-0.25, -0.2) is 0 Å². The number of hydrogen-bond acceptors (Lipinski definition) is 1. The third-order valence-corrected chi connectivity index (χ3v) is 4.53. The molecule has 106 valence electrons. The largest absolute Gasteiger partial charge is 0.314 e. The van der Waals surface area contributed by atoms with Gasteiger partial charge in [-0.15, -0.1) is 0 Å². The lowest BCUT2D eigenvalue weighted by atomic mass is 9.79. The van der Waals surface area contributed by atoms with Crippen LogP contribution < -0.4 is 5.32 Å². The minimum atomic E-state index is 0.513. The van der Waals surface area contributed by atoms with Crippen LogP contribution in [-0.4, -0.2) is 12.6 Å². The number of hydrogen-bond donors (Lipinski definition) is 1. The van der Waals surface area contributed by atoms with Crippen molar-refractivity contribution in [3.63, 3.8) is 0 Å². The molecule has 1 saturated carbocycles. The fraction of sp³-hybridized carbons (Fsp3) is 0.667. The van der Waals surface area contributed by atoms with Crippen LogP contribution in [0.5, 0.6) is 0 Å². The van der Waals surface area contributed by atoms with Crippen LogP contribution in [-0.2, 0) is 6.42 Å². The summed E-state index contributed by atoms with van der Waals surface area (Å²) in [7, 11) is 0. The minimum Gasteiger partial charge on any atom is -0.314 e. The molecule has 1 fully saturated rings. The van der Waals surface area contributed by atoms with Crippen LogP contribution in [0.25, 0.3) is 0 Å². The van der Waals surface area contributed by atoms with E-state index >= 15 is 0 Å². The van der Waals surface area contributed by atoms with Gasteiger partial charge in [0.15, 0.2) is 0 Å². The van der Waals surface area contributed by atoms with Crippen molar-refractivity contribution in [2.45, 2.75) is 58.9 Å². The Morgan fingerprint density at radius 3 is 2.47 bits per heavy atom. The molecule has 0 aromatic heterocycles. The topological polar surface area (TPSA) is 12.0 Å². The molecule has 1 N–H and O–H groups in total. The highest BCUT2D eigenvalue weighted by atomic mass is 14.9. The first-order valence-electron chi connectivity index (χ1n) is 7.87. The monoisotopic (exact) mass is 259 g/mol. The molecule has 0 heterocycles. The van der Waals surface area contributed by atoms with Crippen molar-refractivity contribution in [1.29, 1.82) is 0 Å². The molecule has 0 aliphatic heterocycles. The van der Waals surface area contributed by atoms with E-state index in [4.69, 9.17) is 0 Å². The summed E-state index contributed by atoms with van der Waals surface area (Å²) in [5, 5.41) is 3.66. The van der Waals surface area contributed by atoms with Crippen molar-refractivity contribution in [1.82, 2.24) is 5.32 Å². The lowest BCUT2D eigenvalue weighted by Gasteiger charge is -2.31. The molecule has 1 nitrogen and oxygen atoms in total. The Balaban J connectivity index is 1.80. The molecule has 1 aliphatic carbocycles. The highest BCUT2D eigenvalue weighted by Crippen LogP contribution is 2.48. The van der Waals surface area contributed by atoms with Gasteiger partial charge in [-0.3, -0.25) is 0 Å². The summed E-state index contributed by atoms with van der Waals surface area (Å²) in [6, 6.07) is 11.5. The molecule has 0 spiro atoms. The zero-order chi connectivity index (χ0) is 13.7. The number of nitrogens with one attached hydrogen (secondary N) is 1. The van der Waals surface area contributed by atoms with Crippen molar-refractivity contribution in [2.24, 2.45) is 11.3 Å². The summed E-state index contributed by atoms with van der Waals surface area (Å²) in [5.74, 6) is 0.967. The van der Waals surface area contributed by atoms with Crippen LogP contribution >= 0.6 is 0 Å². The first kappa shape index (κ1) is 14.6. The summed E-state index contributed by atoms with van der Waals surface area (Å²) in [5.41, 5.74) is 2.00. The Kier molecular flexibility index (Phi) is 5.04. The summed E-state index contributed by atoms with van der Waals surface area (Å²) in [6.07, 6.45) is 6.79. The zero-order valence-electron chi connectivity index (χ0n) is 12.8. The van der Waals surface area contributed by atoms with Crippen LogP contribution in [0.1, 0.15) is 52.0 Å². The highest BCUT2D eigenvalue weighted by molar-refractivity contribution is 5.14. The molecule has 0 amide bonds. The van der Waals surface area contributed by atoms with Crippen molar-refractivity contribution < 1.29 is 0 Å². The van der Waals surface area contributed by atoms with Gasteiger partial charge in [0.2, 0.25) is 0 Å². The van der Waals surface area contributed by atoms with Crippen molar-refractivity contribution in [3.05, 3.63) is 35.9 Å². The van der Waals surface area contributed by atoms with Crippen LogP contribution in [0.3, 0.4) is 0 Å². The van der Waals surface area contributed by atoms with Crippen molar-refractivity contribution >= 4 is 0 Å². The fourth-order valence-electron chi connectivity index (χ4n) is 3.00. The van der Waals surface area contributed by atoms with E-state index in [1.165, 1.54) is 44.2 Å². The quantitative estimate of drug-likeness (QED) is 0.728. The Morgan fingerprint density at radius 2 is 1.89 bits per heavy atom. The molecule has 1 unspecified atom stereocenters. The first-order valence-corrected chi connectivity index (χ1v) is 7.87. The van der Waals surface area contributed by atoms with Gasteiger partial charge in [-0.05, 0) is 49.0 Å². The van der Waals surface area contributed by atoms with E-state index in [2.05, 4.69) is 56.4 Å². The van der Waals surface area contributed by atoms with Gasteiger partial charge >= 0.3 is 0 Å². The van der Waals surface area contributed by atoms with Gasteiger partial charge in [0.1, 0.15) is 0 Å². The molecule has 1 heteroatoms. The van der Waals surface area contributed by atoms with E-state index in [-0.39, 0.29) is 0 Å². The highest BCUT2D eigenvalue weighted by Gasteiger charge is 2.40. The van der Waals surface area contributed by atoms with E-state index in [0.29, 0.717) is 11.5 Å². The maximum atomic E-state index is 3.66. The van der Waals surface area contributed by atoms with E-state index in [1.54, 1.807) is 0 Å². The summed E-state index contributed by atoms with van der Waals surface area (Å²) in [6.45, 7) is 8.17. The molecule has 2 rings (SSSR count). The SMILES string of the molecule is CC(C)NCC(C)(CCCc1ccccc1)C1CC1. The normalized spacial score (nSPS) is 18.5. The Bertz CT molecular complexity index is 367.